The standard InChI is InChI=1S/C20H17N3OS/c1-24-19-5-3-2-4-16(19)18-12-23-20-17(18)10-14(11-22-20)13-6-8-15(25-21)9-7-13/h2-12H,21H2,1H3,(H,22,23). The van der Waals surface area contributed by atoms with Crippen LogP contribution in [-0.2, 0) is 0 Å². The predicted octanol–water partition coefficient (Wildman–Crippen LogP) is 4.87. The van der Waals surface area contributed by atoms with E-state index in [1.54, 1.807) is 7.11 Å². The van der Waals surface area contributed by atoms with Crippen molar-refractivity contribution in [3.8, 4) is 28.0 Å². The molecule has 0 fully saturated rings. The molecule has 3 N–H and O–H groups in total. The Balaban J connectivity index is 1.85. The van der Waals surface area contributed by atoms with Crippen LogP contribution < -0.4 is 9.88 Å². The zero-order chi connectivity index (χ0) is 17.2. The van der Waals surface area contributed by atoms with E-state index in [2.05, 4.69) is 34.2 Å². The molecule has 4 aromatic rings. The van der Waals surface area contributed by atoms with Crippen molar-refractivity contribution in [2.75, 3.05) is 7.11 Å². The lowest BCUT2D eigenvalue weighted by Gasteiger charge is -2.08. The Morgan fingerprint density at radius 2 is 1.80 bits per heavy atom. The molecule has 2 aromatic carbocycles. The van der Waals surface area contributed by atoms with E-state index >= 15 is 0 Å². The minimum atomic E-state index is 0.845. The first-order valence-corrected chi connectivity index (χ1v) is 8.76. The van der Waals surface area contributed by atoms with Gasteiger partial charge in [-0.05, 0) is 41.8 Å². The summed E-state index contributed by atoms with van der Waals surface area (Å²) in [6.45, 7) is 0. The Morgan fingerprint density at radius 1 is 1.00 bits per heavy atom. The number of hydrogen-bond donors (Lipinski definition) is 2. The van der Waals surface area contributed by atoms with E-state index in [9.17, 15) is 0 Å². The molecule has 0 unspecified atom stereocenters. The molecule has 5 heteroatoms. The van der Waals surface area contributed by atoms with Crippen LogP contribution in [0.25, 0.3) is 33.3 Å². The molecule has 0 atom stereocenters. The van der Waals surface area contributed by atoms with Crippen molar-refractivity contribution >= 4 is 23.0 Å². The highest BCUT2D eigenvalue weighted by Crippen LogP contribution is 2.36. The molecule has 0 aliphatic rings. The first kappa shape index (κ1) is 15.7. The van der Waals surface area contributed by atoms with Gasteiger partial charge in [-0.1, -0.05) is 30.3 Å². The molecule has 4 nitrogen and oxygen atoms in total. The largest absolute Gasteiger partial charge is 0.496 e. The van der Waals surface area contributed by atoms with Gasteiger partial charge in [0.2, 0.25) is 0 Å². The van der Waals surface area contributed by atoms with E-state index in [1.165, 1.54) is 11.9 Å². The molecule has 0 saturated heterocycles. The minimum absolute atomic E-state index is 0.845. The Bertz CT molecular complexity index is 1020. The highest BCUT2D eigenvalue weighted by atomic mass is 32.2. The minimum Gasteiger partial charge on any atom is -0.496 e. The summed E-state index contributed by atoms with van der Waals surface area (Å²) in [5.74, 6) is 0.845. The number of pyridine rings is 1. The molecular formula is C20H17N3OS. The fourth-order valence-corrected chi connectivity index (χ4v) is 3.27. The summed E-state index contributed by atoms with van der Waals surface area (Å²) in [5.41, 5.74) is 5.16. The van der Waals surface area contributed by atoms with Crippen molar-refractivity contribution in [2.45, 2.75) is 4.90 Å². The molecule has 0 amide bonds. The fourth-order valence-electron chi connectivity index (χ4n) is 2.98. The second kappa shape index (κ2) is 6.63. The van der Waals surface area contributed by atoms with E-state index in [0.717, 1.165) is 43.9 Å². The molecule has 0 spiro atoms. The normalized spacial score (nSPS) is 11.0. The number of ether oxygens (including phenoxy) is 1. The van der Waals surface area contributed by atoms with Gasteiger partial charge >= 0.3 is 0 Å². The number of fused-ring (bicyclic) bond motifs is 1. The van der Waals surface area contributed by atoms with Gasteiger partial charge in [0, 0.05) is 39.4 Å². The number of H-pyrrole nitrogens is 1. The van der Waals surface area contributed by atoms with Crippen molar-refractivity contribution in [3.63, 3.8) is 0 Å². The SMILES string of the molecule is COc1ccccc1-c1c[nH]c2ncc(-c3ccc(SN)cc3)cc12. The van der Waals surface area contributed by atoms with Gasteiger partial charge < -0.3 is 9.72 Å². The summed E-state index contributed by atoms with van der Waals surface area (Å²) in [4.78, 5) is 8.86. The topological polar surface area (TPSA) is 63.9 Å². The molecule has 4 rings (SSSR count). The second-order valence-corrected chi connectivity index (χ2v) is 6.37. The van der Waals surface area contributed by atoms with Crippen molar-refractivity contribution in [3.05, 3.63) is 67.0 Å². The van der Waals surface area contributed by atoms with Crippen LogP contribution in [0.15, 0.2) is 71.9 Å². The number of methoxy groups -OCH3 is 1. The Kier molecular flexibility index (Phi) is 4.17. The number of nitrogens with one attached hydrogen (secondary N) is 1. The summed E-state index contributed by atoms with van der Waals surface area (Å²) in [7, 11) is 1.69. The average Bonchev–Trinajstić information content (AvgIpc) is 3.11. The molecule has 0 saturated carbocycles. The van der Waals surface area contributed by atoms with Gasteiger partial charge in [-0.25, -0.2) is 4.98 Å². The molecule has 0 aliphatic carbocycles. The Morgan fingerprint density at radius 3 is 2.56 bits per heavy atom. The van der Waals surface area contributed by atoms with E-state index in [0.29, 0.717) is 0 Å². The van der Waals surface area contributed by atoms with Crippen LogP contribution in [-0.4, -0.2) is 17.1 Å². The number of nitrogens with two attached hydrogens (primary N) is 1. The molecule has 0 radical (unpaired) electrons. The number of rotatable bonds is 4. The lowest BCUT2D eigenvalue weighted by molar-refractivity contribution is 0.416. The molecule has 0 aliphatic heterocycles. The molecular weight excluding hydrogens is 330 g/mol. The predicted molar refractivity (Wildman–Crippen MR) is 104 cm³/mol. The van der Waals surface area contributed by atoms with Gasteiger partial charge in [0.05, 0.1) is 7.11 Å². The van der Waals surface area contributed by atoms with Crippen LogP contribution >= 0.6 is 11.9 Å². The lowest BCUT2D eigenvalue weighted by Crippen LogP contribution is -1.87. The monoisotopic (exact) mass is 347 g/mol. The highest BCUT2D eigenvalue weighted by molar-refractivity contribution is 7.97. The van der Waals surface area contributed by atoms with Crippen molar-refractivity contribution < 1.29 is 4.74 Å². The number of aromatic nitrogens is 2. The first-order valence-electron chi connectivity index (χ1n) is 7.88. The summed E-state index contributed by atoms with van der Waals surface area (Å²) in [5, 5.41) is 6.67. The zero-order valence-electron chi connectivity index (χ0n) is 13.7. The number of hydrogen-bond acceptors (Lipinski definition) is 4. The van der Waals surface area contributed by atoms with Gasteiger partial charge in [-0.2, -0.15) is 0 Å². The smallest absolute Gasteiger partial charge is 0.137 e. The number of benzene rings is 2. The zero-order valence-corrected chi connectivity index (χ0v) is 14.5. The Hall–Kier alpha value is -2.76. The van der Waals surface area contributed by atoms with Crippen molar-refractivity contribution in [1.82, 2.24) is 9.97 Å². The molecule has 2 heterocycles. The van der Waals surface area contributed by atoms with Gasteiger partial charge in [0.1, 0.15) is 11.4 Å². The third-order valence-electron chi connectivity index (χ3n) is 4.25. The lowest BCUT2D eigenvalue weighted by atomic mass is 10.0. The maximum Gasteiger partial charge on any atom is 0.137 e. The first-order chi connectivity index (χ1) is 12.3. The third kappa shape index (κ3) is 2.88. The van der Waals surface area contributed by atoms with Crippen LogP contribution in [0.1, 0.15) is 0 Å². The summed E-state index contributed by atoms with van der Waals surface area (Å²) in [6.07, 6.45) is 3.86. The molecule has 0 bridgehead atoms. The van der Waals surface area contributed by atoms with Crippen LogP contribution in [0, 0.1) is 0 Å². The number of nitrogens with zero attached hydrogens (tertiary/aromatic N) is 1. The van der Waals surface area contributed by atoms with Crippen LogP contribution in [0.2, 0.25) is 0 Å². The second-order valence-electron chi connectivity index (χ2n) is 5.67. The molecule has 2 aromatic heterocycles. The molecule has 25 heavy (non-hydrogen) atoms. The average molecular weight is 347 g/mol. The number of aromatic amines is 1. The van der Waals surface area contributed by atoms with E-state index in [4.69, 9.17) is 9.88 Å². The third-order valence-corrected chi connectivity index (χ3v) is 4.80. The maximum absolute atomic E-state index is 5.60. The van der Waals surface area contributed by atoms with Crippen LogP contribution in [0.3, 0.4) is 0 Å². The van der Waals surface area contributed by atoms with E-state index in [-0.39, 0.29) is 0 Å². The fraction of sp³-hybridized carbons (Fsp3) is 0.0500. The van der Waals surface area contributed by atoms with Gasteiger partial charge in [-0.3, -0.25) is 5.14 Å². The summed E-state index contributed by atoms with van der Waals surface area (Å²) >= 11 is 1.25. The van der Waals surface area contributed by atoms with Crippen molar-refractivity contribution in [2.24, 2.45) is 5.14 Å². The van der Waals surface area contributed by atoms with Crippen molar-refractivity contribution in [1.29, 1.82) is 0 Å². The molecule has 124 valence electrons. The van der Waals surface area contributed by atoms with Gasteiger partial charge in [0.25, 0.3) is 0 Å². The van der Waals surface area contributed by atoms with E-state index in [1.807, 2.05) is 42.7 Å². The summed E-state index contributed by atoms with van der Waals surface area (Å²) < 4.78 is 5.51. The maximum atomic E-state index is 5.60. The quantitative estimate of drug-likeness (QED) is 0.517. The highest BCUT2D eigenvalue weighted by Gasteiger charge is 2.12. The summed E-state index contributed by atoms with van der Waals surface area (Å²) in [6, 6.07) is 18.3. The van der Waals surface area contributed by atoms with Gasteiger partial charge in [-0.15, -0.1) is 0 Å². The van der Waals surface area contributed by atoms with Crippen LogP contribution in [0.5, 0.6) is 5.75 Å². The van der Waals surface area contributed by atoms with Gasteiger partial charge in [0.15, 0.2) is 0 Å². The van der Waals surface area contributed by atoms with Crippen LogP contribution in [0.4, 0.5) is 0 Å². The van der Waals surface area contributed by atoms with E-state index < -0.39 is 0 Å². The Labute approximate surface area is 150 Å². The number of para-hydroxylation sites is 1.